The number of nitrogens with one attached hydrogen (secondary N) is 1. The van der Waals surface area contributed by atoms with E-state index in [2.05, 4.69) is 17.1 Å². The number of para-hydroxylation sites is 2. The molecule has 0 saturated carbocycles. The average Bonchev–Trinajstić information content (AvgIpc) is 2.64. The summed E-state index contributed by atoms with van der Waals surface area (Å²) in [5.74, 6) is 0.951. The molecule has 2 heterocycles. The number of piperidine rings is 1. The van der Waals surface area contributed by atoms with Crippen LogP contribution in [0.3, 0.4) is 0 Å². The Morgan fingerprint density at radius 1 is 1.26 bits per heavy atom. The molecule has 1 amide bonds. The summed E-state index contributed by atoms with van der Waals surface area (Å²) in [6.07, 6.45) is 3.65. The zero-order valence-electron chi connectivity index (χ0n) is 16.1. The van der Waals surface area contributed by atoms with Gasteiger partial charge in [0.25, 0.3) is 5.91 Å². The van der Waals surface area contributed by atoms with E-state index in [1.165, 1.54) is 17.1 Å². The van der Waals surface area contributed by atoms with Gasteiger partial charge in [0, 0.05) is 6.54 Å². The molecule has 7 nitrogen and oxygen atoms in total. The Morgan fingerprint density at radius 3 is 2.67 bits per heavy atom. The number of anilines is 1. The lowest BCUT2D eigenvalue weighted by molar-refractivity contribution is -0.127. The molecule has 1 N–H and O–H groups in total. The first-order valence-corrected chi connectivity index (χ1v) is 11.4. The summed E-state index contributed by atoms with van der Waals surface area (Å²) >= 11 is 0. The molecule has 0 spiro atoms. The van der Waals surface area contributed by atoms with Crippen LogP contribution in [-0.2, 0) is 14.8 Å². The van der Waals surface area contributed by atoms with Gasteiger partial charge < -0.3 is 15.0 Å². The predicted octanol–water partition coefficient (Wildman–Crippen LogP) is 1.45. The van der Waals surface area contributed by atoms with Gasteiger partial charge in [0.05, 0.1) is 18.5 Å². The van der Waals surface area contributed by atoms with Gasteiger partial charge in [0.1, 0.15) is 5.75 Å². The predicted molar refractivity (Wildman–Crippen MR) is 106 cm³/mol. The van der Waals surface area contributed by atoms with Crippen molar-refractivity contribution in [1.82, 2.24) is 10.2 Å². The van der Waals surface area contributed by atoms with Crippen molar-refractivity contribution in [2.24, 2.45) is 5.92 Å². The summed E-state index contributed by atoms with van der Waals surface area (Å²) in [5.41, 5.74) is 0.475. The van der Waals surface area contributed by atoms with Gasteiger partial charge in [-0.3, -0.25) is 9.10 Å². The van der Waals surface area contributed by atoms with Gasteiger partial charge in [-0.15, -0.1) is 0 Å². The molecule has 3 rings (SSSR count). The number of amides is 1. The van der Waals surface area contributed by atoms with Crippen LogP contribution in [-0.4, -0.2) is 64.3 Å². The Labute approximate surface area is 161 Å². The molecule has 1 atom stereocenters. The zero-order chi connectivity index (χ0) is 19.4. The van der Waals surface area contributed by atoms with Crippen molar-refractivity contribution in [2.75, 3.05) is 43.3 Å². The van der Waals surface area contributed by atoms with Gasteiger partial charge in [-0.25, -0.2) is 8.42 Å². The molecule has 0 aromatic heterocycles. The minimum absolute atomic E-state index is 0.00824. The molecule has 150 valence electrons. The van der Waals surface area contributed by atoms with E-state index in [4.69, 9.17) is 4.74 Å². The van der Waals surface area contributed by atoms with E-state index in [1.54, 1.807) is 24.3 Å². The number of hydrogen-bond acceptors (Lipinski definition) is 5. The van der Waals surface area contributed by atoms with Crippen LogP contribution in [0.2, 0.25) is 0 Å². The molecular weight excluding hydrogens is 366 g/mol. The first-order chi connectivity index (χ1) is 12.8. The number of hydrogen-bond donors (Lipinski definition) is 1. The normalized spacial score (nSPS) is 21.4. The topological polar surface area (TPSA) is 79.0 Å². The standard InChI is InChI=1S/C19H29N3O4S/c1-15-8-12-21(13-9-15)11-5-10-20-19(23)18-14-22(27(2,24)25)16-6-3-4-7-17(16)26-18/h3-4,6-7,15,18H,5,8-14H2,1-2H3,(H,20,23). The van der Waals surface area contributed by atoms with Crippen molar-refractivity contribution in [3.8, 4) is 5.75 Å². The Balaban J connectivity index is 1.51. The molecule has 27 heavy (non-hydrogen) atoms. The Morgan fingerprint density at radius 2 is 1.96 bits per heavy atom. The summed E-state index contributed by atoms with van der Waals surface area (Å²) in [6, 6.07) is 6.88. The molecule has 0 radical (unpaired) electrons. The van der Waals surface area contributed by atoms with Crippen LogP contribution in [0.15, 0.2) is 24.3 Å². The van der Waals surface area contributed by atoms with Crippen LogP contribution in [0, 0.1) is 5.92 Å². The van der Waals surface area contributed by atoms with E-state index in [-0.39, 0.29) is 12.5 Å². The van der Waals surface area contributed by atoms with Crippen LogP contribution in [0.1, 0.15) is 26.2 Å². The maximum absolute atomic E-state index is 12.5. The smallest absolute Gasteiger partial charge is 0.263 e. The second-order valence-electron chi connectivity index (χ2n) is 7.54. The first kappa shape index (κ1) is 19.9. The van der Waals surface area contributed by atoms with E-state index < -0.39 is 16.1 Å². The van der Waals surface area contributed by atoms with Gasteiger partial charge in [0.2, 0.25) is 10.0 Å². The van der Waals surface area contributed by atoms with Crippen molar-refractivity contribution in [3.05, 3.63) is 24.3 Å². The fraction of sp³-hybridized carbons (Fsp3) is 0.632. The fourth-order valence-electron chi connectivity index (χ4n) is 3.57. The quantitative estimate of drug-likeness (QED) is 0.738. The molecule has 1 aromatic carbocycles. The molecule has 1 aromatic rings. The number of nitrogens with zero attached hydrogens (tertiary/aromatic N) is 2. The first-order valence-electron chi connectivity index (χ1n) is 9.58. The molecule has 0 bridgehead atoms. The molecule has 0 aliphatic carbocycles. The molecule has 1 fully saturated rings. The number of fused-ring (bicyclic) bond motifs is 1. The third kappa shape index (κ3) is 5.13. The monoisotopic (exact) mass is 395 g/mol. The van der Waals surface area contributed by atoms with Crippen LogP contribution in [0.4, 0.5) is 5.69 Å². The van der Waals surface area contributed by atoms with Gasteiger partial charge in [-0.1, -0.05) is 19.1 Å². The SMILES string of the molecule is CC1CCN(CCCNC(=O)C2CN(S(C)(=O)=O)c3ccccc3O2)CC1. The van der Waals surface area contributed by atoms with E-state index in [1.807, 2.05) is 0 Å². The zero-order valence-corrected chi connectivity index (χ0v) is 16.9. The second kappa shape index (κ2) is 8.48. The second-order valence-corrected chi connectivity index (χ2v) is 9.44. The lowest BCUT2D eigenvalue weighted by Gasteiger charge is -2.34. The van der Waals surface area contributed by atoms with E-state index in [0.717, 1.165) is 38.2 Å². The summed E-state index contributed by atoms with van der Waals surface area (Å²) < 4.78 is 31.2. The van der Waals surface area contributed by atoms with Gasteiger partial charge in [0.15, 0.2) is 6.10 Å². The number of rotatable bonds is 6. The Hall–Kier alpha value is -1.80. The lowest BCUT2D eigenvalue weighted by Crippen LogP contribution is -2.50. The highest BCUT2D eigenvalue weighted by Gasteiger charge is 2.34. The van der Waals surface area contributed by atoms with Crippen LogP contribution in [0.5, 0.6) is 5.75 Å². The van der Waals surface area contributed by atoms with E-state index in [0.29, 0.717) is 18.0 Å². The van der Waals surface area contributed by atoms with Crippen molar-refractivity contribution in [2.45, 2.75) is 32.3 Å². The third-order valence-electron chi connectivity index (χ3n) is 5.25. The number of benzene rings is 1. The highest BCUT2D eigenvalue weighted by molar-refractivity contribution is 7.92. The summed E-state index contributed by atoms with van der Waals surface area (Å²) in [7, 11) is -3.48. The van der Waals surface area contributed by atoms with Gasteiger partial charge >= 0.3 is 0 Å². The molecule has 1 saturated heterocycles. The number of sulfonamides is 1. The maximum Gasteiger partial charge on any atom is 0.263 e. The van der Waals surface area contributed by atoms with Crippen LogP contribution in [0.25, 0.3) is 0 Å². The summed E-state index contributed by atoms with van der Waals surface area (Å²) in [6.45, 7) is 6.06. The largest absolute Gasteiger partial charge is 0.476 e. The van der Waals surface area contributed by atoms with Crippen molar-refractivity contribution < 1.29 is 17.9 Å². The van der Waals surface area contributed by atoms with E-state index in [9.17, 15) is 13.2 Å². The Bertz CT molecular complexity index is 760. The van der Waals surface area contributed by atoms with Crippen LogP contribution < -0.4 is 14.4 Å². The van der Waals surface area contributed by atoms with Crippen molar-refractivity contribution in [3.63, 3.8) is 0 Å². The lowest BCUT2D eigenvalue weighted by atomic mass is 9.99. The molecule has 2 aliphatic heterocycles. The molecule has 2 aliphatic rings. The maximum atomic E-state index is 12.5. The summed E-state index contributed by atoms with van der Waals surface area (Å²) in [4.78, 5) is 14.9. The average molecular weight is 396 g/mol. The Kier molecular flexibility index (Phi) is 6.26. The van der Waals surface area contributed by atoms with E-state index >= 15 is 0 Å². The van der Waals surface area contributed by atoms with Crippen molar-refractivity contribution in [1.29, 1.82) is 0 Å². The minimum Gasteiger partial charge on any atom is -0.476 e. The molecule has 1 unspecified atom stereocenters. The third-order valence-corrected chi connectivity index (χ3v) is 6.40. The van der Waals surface area contributed by atoms with Gasteiger partial charge in [-0.2, -0.15) is 0 Å². The molecular formula is C19H29N3O4S. The molecule has 8 heteroatoms. The highest BCUT2D eigenvalue weighted by Crippen LogP contribution is 2.34. The highest BCUT2D eigenvalue weighted by atomic mass is 32.2. The van der Waals surface area contributed by atoms with Crippen LogP contribution >= 0.6 is 0 Å². The number of carbonyl (C=O) groups is 1. The van der Waals surface area contributed by atoms with Crippen molar-refractivity contribution >= 4 is 21.6 Å². The number of carbonyl (C=O) groups excluding carboxylic acids is 1. The summed E-state index contributed by atoms with van der Waals surface area (Å²) in [5, 5.41) is 2.89. The number of likely N-dealkylation sites (tertiary alicyclic amines) is 1. The minimum atomic E-state index is -3.48. The van der Waals surface area contributed by atoms with Gasteiger partial charge in [-0.05, 0) is 56.9 Å². The fourth-order valence-corrected chi connectivity index (χ4v) is 4.48. The number of ether oxygens (including phenoxy) is 1.